The Labute approximate surface area is 124 Å². The third-order valence-electron chi connectivity index (χ3n) is 2.03. The molecule has 0 bridgehead atoms. The number of halogens is 1. The van der Waals surface area contributed by atoms with Gasteiger partial charge in [0, 0.05) is 9.35 Å². The van der Waals surface area contributed by atoms with E-state index in [0.29, 0.717) is 0 Å². The van der Waals surface area contributed by atoms with Gasteiger partial charge in [-0.3, -0.25) is 4.79 Å². The zero-order valence-electron chi connectivity index (χ0n) is 10.9. The van der Waals surface area contributed by atoms with Crippen molar-refractivity contribution in [3.8, 4) is 0 Å². The summed E-state index contributed by atoms with van der Waals surface area (Å²) in [7, 11) is 0. The largest absolute Gasteiger partial charge is 0.481 e. The van der Waals surface area contributed by atoms with E-state index >= 15 is 0 Å². The van der Waals surface area contributed by atoms with E-state index < -0.39 is 23.7 Å². The summed E-state index contributed by atoms with van der Waals surface area (Å²) < 4.78 is 5.91. The first-order valence-corrected chi connectivity index (χ1v) is 7.30. The molecule has 5 nitrogen and oxygen atoms in total. The van der Waals surface area contributed by atoms with E-state index in [0.717, 1.165) is 9.35 Å². The van der Waals surface area contributed by atoms with Gasteiger partial charge < -0.3 is 15.2 Å². The highest BCUT2D eigenvalue weighted by Crippen LogP contribution is 2.31. The van der Waals surface area contributed by atoms with Crippen LogP contribution in [0.25, 0.3) is 0 Å². The lowest BCUT2D eigenvalue weighted by molar-refractivity contribution is -0.137. The molecule has 1 amide bonds. The summed E-state index contributed by atoms with van der Waals surface area (Å²) in [6.07, 6.45) is -0.822. The molecule has 0 aromatic carbocycles. The second-order valence-corrected chi connectivity index (χ2v) is 6.73. The fraction of sp³-hybridized carbons (Fsp3) is 0.500. The molecule has 1 aromatic rings. The van der Waals surface area contributed by atoms with Crippen molar-refractivity contribution < 1.29 is 19.4 Å². The molecule has 1 heterocycles. The molecular weight excluding hydrogens is 334 g/mol. The molecule has 106 valence electrons. The summed E-state index contributed by atoms with van der Waals surface area (Å²) in [5, 5.41) is 13.3. The molecule has 7 heteroatoms. The average molecular weight is 350 g/mol. The maximum atomic E-state index is 11.7. The van der Waals surface area contributed by atoms with Gasteiger partial charge in [-0.05, 0) is 48.1 Å². The minimum absolute atomic E-state index is 0.196. The van der Waals surface area contributed by atoms with E-state index in [4.69, 9.17) is 9.84 Å². The van der Waals surface area contributed by atoms with Gasteiger partial charge in [0.05, 0.1) is 12.5 Å². The first kappa shape index (κ1) is 16.0. The van der Waals surface area contributed by atoms with Crippen molar-refractivity contribution in [3.05, 3.63) is 20.8 Å². The van der Waals surface area contributed by atoms with Crippen LogP contribution in [0, 0.1) is 0 Å². The van der Waals surface area contributed by atoms with Crippen LogP contribution < -0.4 is 5.32 Å². The van der Waals surface area contributed by atoms with Crippen molar-refractivity contribution in [2.45, 2.75) is 38.8 Å². The SMILES string of the molecule is CC(C)(C)OC(=O)N[C@H](CC(=O)O)c1sccc1Br. The van der Waals surface area contributed by atoms with E-state index in [2.05, 4.69) is 21.2 Å². The van der Waals surface area contributed by atoms with Crippen LogP contribution in [0.3, 0.4) is 0 Å². The number of hydrogen-bond acceptors (Lipinski definition) is 4. The van der Waals surface area contributed by atoms with E-state index in [9.17, 15) is 9.59 Å². The Morgan fingerprint density at radius 1 is 1.53 bits per heavy atom. The predicted octanol–water partition coefficient (Wildman–Crippen LogP) is 3.55. The van der Waals surface area contributed by atoms with Crippen LogP contribution >= 0.6 is 27.3 Å². The number of ether oxygens (including phenoxy) is 1. The number of carbonyl (C=O) groups is 2. The molecule has 1 aromatic heterocycles. The number of nitrogens with one attached hydrogen (secondary N) is 1. The number of carboxylic acid groups (broad SMARTS) is 1. The standard InChI is InChI=1S/C12H16BrNO4S/c1-12(2,3)18-11(17)14-8(6-9(15)16)10-7(13)4-5-19-10/h4-5,8H,6H2,1-3H3,(H,14,17)(H,15,16)/t8-/m1/s1. The molecule has 0 unspecified atom stereocenters. The fourth-order valence-electron chi connectivity index (χ4n) is 1.39. The molecule has 0 aliphatic heterocycles. The van der Waals surface area contributed by atoms with E-state index in [1.165, 1.54) is 11.3 Å². The molecule has 0 aliphatic carbocycles. The Kier molecular flexibility index (Phi) is 5.37. The molecule has 0 spiro atoms. The highest BCUT2D eigenvalue weighted by molar-refractivity contribution is 9.10. The van der Waals surface area contributed by atoms with E-state index in [-0.39, 0.29) is 6.42 Å². The summed E-state index contributed by atoms with van der Waals surface area (Å²) in [4.78, 5) is 23.4. The Balaban J connectivity index is 2.79. The van der Waals surface area contributed by atoms with Crippen molar-refractivity contribution in [1.29, 1.82) is 0 Å². The van der Waals surface area contributed by atoms with Gasteiger partial charge in [-0.25, -0.2) is 4.79 Å². The number of thiophene rings is 1. The predicted molar refractivity (Wildman–Crippen MR) is 76.4 cm³/mol. The summed E-state index contributed by atoms with van der Waals surface area (Å²) >= 11 is 4.71. The van der Waals surface area contributed by atoms with Crippen LogP contribution in [0.15, 0.2) is 15.9 Å². The molecule has 0 aliphatic rings. The van der Waals surface area contributed by atoms with Crippen LogP contribution in [0.1, 0.15) is 38.1 Å². The smallest absolute Gasteiger partial charge is 0.408 e. The molecular formula is C12H16BrNO4S. The zero-order valence-corrected chi connectivity index (χ0v) is 13.3. The number of amides is 1. The highest BCUT2D eigenvalue weighted by atomic mass is 79.9. The van der Waals surface area contributed by atoms with Crippen LogP contribution in [0.5, 0.6) is 0 Å². The highest BCUT2D eigenvalue weighted by Gasteiger charge is 2.24. The Hall–Kier alpha value is -1.08. The lowest BCUT2D eigenvalue weighted by atomic mass is 10.1. The Morgan fingerprint density at radius 3 is 2.58 bits per heavy atom. The Bertz CT molecular complexity index is 467. The summed E-state index contributed by atoms with van der Waals surface area (Å²) in [5.74, 6) is -0.985. The minimum Gasteiger partial charge on any atom is -0.481 e. The molecule has 2 N–H and O–H groups in total. The maximum Gasteiger partial charge on any atom is 0.408 e. The quantitative estimate of drug-likeness (QED) is 0.871. The summed E-state index contributed by atoms with van der Waals surface area (Å²) in [5.41, 5.74) is -0.620. The van der Waals surface area contributed by atoms with E-state index in [1.807, 2.05) is 11.4 Å². The second kappa shape index (κ2) is 6.38. The zero-order chi connectivity index (χ0) is 14.6. The first-order chi connectivity index (χ1) is 8.69. The lowest BCUT2D eigenvalue weighted by Crippen LogP contribution is -2.35. The van der Waals surface area contributed by atoms with Crippen molar-refractivity contribution in [1.82, 2.24) is 5.32 Å². The van der Waals surface area contributed by atoms with Crippen molar-refractivity contribution in [2.24, 2.45) is 0 Å². The molecule has 1 rings (SSSR count). The van der Waals surface area contributed by atoms with Gasteiger partial charge in [-0.15, -0.1) is 11.3 Å². The van der Waals surface area contributed by atoms with Crippen molar-refractivity contribution in [3.63, 3.8) is 0 Å². The maximum absolute atomic E-state index is 11.7. The third-order valence-corrected chi connectivity index (χ3v) is 4.02. The van der Waals surface area contributed by atoms with Crippen molar-refractivity contribution in [2.75, 3.05) is 0 Å². The third kappa shape index (κ3) is 5.61. The van der Waals surface area contributed by atoms with Crippen molar-refractivity contribution >= 4 is 39.3 Å². The number of carbonyl (C=O) groups excluding carboxylic acids is 1. The van der Waals surface area contributed by atoms with Gasteiger partial charge >= 0.3 is 12.1 Å². The number of carboxylic acids is 1. The minimum atomic E-state index is -0.985. The lowest BCUT2D eigenvalue weighted by Gasteiger charge is -2.22. The number of rotatable bonds is 4. The molecule has 0 radical (unpaired) electrons. The van der Waals surface area contributed by atoms with Gasteiger partial charge in [0.1, 0.15) is 5.60 Å². The van der Waals surface area contributed by atoms with Crippen LogP contribution in [-0.2, 0) is 9.53 Å². The monoisotopic (exact) mass is 349 g/mol. The van der Waals surface area contributed by atoms with Crippen LogP contribution in [0.4, 0.5) is 4.79 Å². The normalized spacial score (nSPS) is 12.8. The van der Waals surface area contributed by atoms with Gasteiger partial charge in [-0.1, -0.05) is 0 Å². The first-order valence-electron chi connectivity index (χ1n) is 5.63. The summed E-state index contributed by atoms with van der Waals surface area (Å²) in [6.45, 7) is 5.25. The molecule has 19 heavy (non-hydrogen) atoms. The van der Waals surface area contributed by atoms with Gasteiger partial charge in [-0.2, -0.15) is 0 Å². The number of alkyl carbamates (subject to hydrolysis) is 1. The van der Waals surface area contributed by atoms with Gasteiger partial charge in [0.15, 0.2) is 0 Å². The molecule has 0 saturated carbocycles. The molecule has 0 saturated heterocycles. The van der Waals surface area contributed by atoms with E-state index in [1.54, 1.807) is 20.8 Å². The van der Waals surface area contributed by atoms with Crippen LogP contribution in [-0.4, -0.2) is 22.8 Å². The summed E-state index contributed by atoms with van der Waals surface area (Å²) in [6, 6.07) is 1.20. The molecule has 1 atom stereocenters. The Morgan fingerprint density at radius 2 is 2.16 bits per heavy atom. The van der Waals surface area contributed by atoms with Crippen LogP contribution in [0.2, 0.25) is 0 Å². The average Bonchev–Trinajstić information content (AvgIpc) is 2.59. The fourth-order valence-corrected chi connectivity index (χ4v) is 3.09. The number of aliphatic carboxylic acids is 1. The molecule has 0 fully saturated rings. The van der Waals surface area contributed by atoms with Gasteiger partial charge in [0.2, 0.25) is 0 Å². The second-order valence-electron chi connectivity index (χ2n) is 4.93. The van der Waals surface area contributed by atoms with Gasteiger partial charge in [0.25, 0.3) is 0 Å². The topological polar surface area (TPSA) is 75.6 Å². The number of hydrogen-bond donors (Lipinski definition) is 2.